The highest BCUT2D eigenvalue weighted by Crippen LogP contribution is 2.63. The van der Waals surface area contributed by atoms with Crippen LogP contribution in [0.5, 0.6) is 0 Å². The molecule has 0 saturated heterocycles. The molecule has 1 unspecified atom stereocenters. The molecule has 0 saturated carbocycles. The Labute approximate surface area is 116 Å². The van der Waals surface area contributed by atoms with Gasteiger partial charge < -0.3 is 9.47 Å². The third-order valence-electron chi connectivity index (χ3n) is 3.32. The Kier molecular flexibility index (Phi) is 4.79. The maximum absolute atomic E-state index is 13.3. The summed E-state index contributed by atoms with van der Waals surface area (Å²) in [6.07, 6.45) is -12.3. The fourth-order valence-corrected chi connectivity index (χ4v) is 2.51. The molecule has 0 aromatic carbocycles. The van der Waals surface area contributed by atoms with Crippen LogP contribution in [-0.2, 0) is 9.47 Å². The molecule has 1 aliphatic carbocycles. The standard InChI is InChI=1S/C12H13F7O2/c1-3-4-9(5-8(13)6-9)10(11(14,15)16,12(17,18)19)21-7-20-2/h3,5H,1,4,6-7H2,2H3. The third-order valence-corrected chi connectivity index (χ3v) is 3.32. The zero-order valence-electron chi connectivity index (χ0n) is 10.9. The molecule has 0 aromatic rings. The lowest BCUT2D eigenvalue weighted by molar-refractivity contribution is -0.422. The van der Waals surface area contributed by atoms with Gasteiger partial charge in [-0.25, -0.2) is 4.39 Å². The summed E-state index contributed by atoms with van der Waals surface area (Å²) in [6, 6.07) is 0. The molecule has 0 fully saturated rings. The van der Waals surface area contributed by atoms with Crippen LogP contribution in [-0.4, -0.2) is 31.9 Å². The molecule has 0 radical (unpaired) electrons. The minimum Gasteiger partial charge on any atom is -0.359 e. The second kappa shape index (κ2) is 5.60. The summed E-state index contributed by atoms with van der Waals surface area (Å²) >= 11 is 0. The smallest absolute Gasteiger partial charge is 0.359 e. The van der Waals surface area contributed by atoms with E-state index in [1.807, 2.05) is 0 Å². The first-order valence-corrected chi connectivity index (χ1v) is 5.72. The van der Waals surface area contributed by atoms with Crippen LogP contribution < -0.4 is 0 Å². The van der Waals surface area contributed by atoms with Crippen molar-refractivity contribution in [3.8, 4) is 0 Å². The van der Waals surface area contributed by atoms with E-state index in [2.05, 4.69) is 16.1 Å². The monoisotopic (exact) mass is 322 g/mol. The molecule has 0 aliphatic heterocycles. The molecule has 0 bridgehead atoms. The molecule has 1 aliphatic rings. The van der Waals surface area contributed by atoms with Gasteiger partial charge in [0.15, 0.2) is 0 Å². The summed E-state index contributed by atoms with van der Waals surface area (Å²) in [5.74, 6) is -1.06. The minimum absolute atomic E-state index is 0.297. The first-order chi connectivity index (χ1) is 9.47. The average Bonchev–Trinajstić information content (AvgIpc) is 2.24. The van der Waals surface area contributed by atoms with E-state index in [9.17, 15) is 30.7 Å². The lowest BCUT2D eigenvalue weighted by Crippen LogP contribution is -2.69. The van der Waals surface area contributed by atoms with Crippen LogP contribution in [0.3, 0.4) is 0 Å². The molecule has 0 amide bonds. The Morgan fingerprint density at radius 2 is 1.71 bits per heavy atom. The van der Waals surface area contributed by atoms with Gasteiger partial charge in [-0.1, -0.05) is 6.08 Å². The van der Waals surface area contributed by atoms with Crippen LogP contribution in [0.25, 0.3) is 0 Å². The largest absolute Gasteiger partial charge is 0.427 e. The van der Waals surface area contributed by atoms with Gasteiger partial charge in [0.2, 0.25) is 0 Å². The van der Waals surface area contributed by atoms with Gasteiger partial charge in [-0.15, -0.1) is 6.58 Å². The Morgan fingerprint density at radius 3 is 2.00 bits per heavy atom. The van der Waals surface area contributed by atoms with Gasteiger partial charge in [-0.05, 0) is 12.5 Å². The van der Waals surface area contributed by atoms with Crippen molar-refractivity contribution < 1.29 is 40.2 Å². The van der Waals surface area contributed by atoms with E-state index < -0.39 is 48.8 Å². The van der Waals surface area contributed by atoms with Crippen LogP contribution >= 0.6 is 0 Å². The quantitative estimate of drug-likeness (QED) is 0.413. The molecule has 9 heteroatoms. The molecular formula is C12H13F7O2. The zero-order chi connectivity index (χ0) is 16.5. The van der Waals surface area contributed by atoms with Crippen LogP contribution in [0.4, 0.5) is 30.7 Å². The highest BCUT2D eigenvalue weighted by atomic mass is 19.4. The summed E-state index contributed by atoms with van der Waals surface area (Å²) in [5.41, 5.74) is -7.19. The Balaban J connectivity index is 3.52. The van der Waals surface area contributed by atoms with Crippen molar-refractivity contribution in [3.05, 3.63) is 24.6 Å². The Hall–Kier alpha value is -1.09. The zero-order valence-corrected chi connectivity index (χ0v) is 10.9. The fraction of sp³-hybridized carbons (Fsp3) is 0.667. The van der Waals surface area contributed by atoms with E-state index in [0.717, 1.165) is 13.2 Å². The van der Waals surface area contributed by atoms with Gasteiger partial charge in [0, 0.05) is 18.9 Å². The SMILES string of the molecule is C=CCC1(C(OCOC)(C(F)(F)F)C(F)(F)F)C=C(F)C1. The Bertz CT molecular complexity index is 410. The van der Waals surface area contributed by atoms with Crippen molar-refractivity contribution in [1.29, 1.82) is 0 Å². The first kappa shape index (κ1) is 18.0. The molecule has 0 heterocycles. The van der Waals surface area contributed by atoms with Gasteiger partial charge in [-0.2, -0.15) is 26.3 Å². The Morgan fingerprint density at radius 1 is 1.24 bits per heavy atom. The van der Waals surface area contributed by atoms with Crippen LogP contribution in [0.1, 0.15) is 12.8 Å². The number of hydrogen-bond donors (Lipinski definition) is 0. The molecule has 0 N–H and O–H groups in total. The normalized spacial score (nSPS) is 23.5. The van der Waals surface area contributed by atoms with Gasteiger partial charge in [0.1, 0.15) is 6.79 Å². The average molecular weight is 322 g/mol. The number of rotatable bonds is 6. The lowest BCUT2D eigenvalue weighted by Gasteiger charge is -2.52. The topological polar surface area (TPSA) is 18.5 Å². The van der Waals surface area contributed by atoms with E-state index in [0.29, 0.717) is 6.08 Å². The maximum atomic E-state index is 13.3. The van der Waals surface area contributed by atoms with E-state index >= 15 is 0 Å². The van der Waals surface area contributed by atoms with Crippen molar-refractivity contribution >= 4 is 0 Å². The maximum Gasteiger partial charge on any atom is 0.427 e. The number of halogens is 7. The van der Waals surface area contributed by atoms with Crippen molar-refractivity contribution in [2.24, 2.45) is 5.41 Å². The summed E-state index contributed by atoms with van der Waals surface area (Å²) in [6.45, 7) is 1.89. The fourth-order valence-electron chi connectivity index (χ4n) is 2.51. The summed E-state index contributed by atoms with van der Waals surface area (Å²) in [4.78, 5) is 0. The summed E-state index contributed by atoms with van der Waals surface area (Å²) < 4.78 is 101. The van der Waals surface area contributed by atoms with Gasteiger partial charge in [0.25, 0.3) is 5.60 Å². The molecule has 1 atom stereocenters. The van der Waals surface area contributed by atoms with Crippen LogP contribution in [0.15, 0.2) is 24.6 Å². The van der Waals surface area contributed by atoms with E-state index in [1.54, 1.807) is 0 Å². The summed E-state index contributed by atoms with van der Waals surface area (Å²) in [5, 5.41) is 0. The predicted octanol–water partition coefficient (Wildman–Crippen LogP) is 4.29. The predicted molar refractivity (Wildman–Crippen MR) is 58.9 cm³/mol. The molecular weight excluding hydrogens is 309 g/mol. The number of ether oxygens (including phenoxy) is 2. The second-order valence-electron chi connectivity index (χ2n) is 4.64. The van der Waals surface area contributed by atoms with Crippen molar-refractivity contribution in [1.82, 2.24) is 0 Å². The third kappa shape index (κ3) is 2.68. The minimum atomic E-state index is -5.82. The van der Waals surface area contributed by atoms with Crippen LogP contribution in [0, 0.1) is 5.41 Å². The highest BCUT2D eigenvalue weighted by molar-refractivity contribution is 5.30. The van der Waals surface area contributed by atoms with Crippen molar-refractivity contribution in [2.75, 3.05) is 13.9 Å². The number of methoxy groups -OCH3 is 1. The number of hydrogen-bond acceptors (Lipinski definition) is 2. The first-order valence-electron chi connectivity index (χ1n) is 5.72. The molecule has 1 rings (SSSR count). The van der Waals surface area contributed by atoms with Crippen molar-refractivity contribution in [2.45, 2.75) is 30.8 Å². The van der Waals surface area contributed by atoms with E-state index in [1.165, 1.54) is 0 Å². The number of allylic oxidation sites excluding steroid dienone is 2. The highest BCUT2D eigenvalue weighted by Gasteiger charge is 2.81. The molecule has 0 spiro atoms. The number of alkyl halides is 6. The summed E-state index contributed by atoms with van der Waals surface area (Å²) in [7, 11) is 0.884. The molecule has 21 heavy (non-hydrogen) atoms. The van der Waals surface area contributed by atoms with E-state index in [-0.39, 0.29) is 0 Å². The van der Waals surface area contributed by atoms with Gasteiger partial charge in [0.05, 0.1) is 5.83 Å². The molecule has 122 valence electrons. The van der Waals surface area contributed by atoms with Gasteiger partial charge in [-0.3, -0.25) is 0 Å². The van der Waals surface area contributed by atoms with Crippen LogP contribution in [0.2, 0.25) is 0 Å². The molecule has 2 nitrogen and oxygen atoms in total. The second-order valence-corrected chi connectivity index (χ2v) is 4.64. The lowest BCUT2D eigenvalue weighted by atomic mass is 9.60. The molecule has 0 aromatic heterocycles. The van der Waals surface area contributed by atoms with Gasteiger partial charge >= 0.3 is 12.4 Å². The van der Waals surface area contributed by atoms with E-state index in [4.69, 9.17) is 0 Å². The van der Waals surface area contributed by atoms with Crippen molar-refractivity contribution in [3.63, 3.8) is 0 Å².